The molecule has 5 nitrogen and oxygen atoms in total. The van der Waals surface area contributed by atoms with Crippen molar-refractivity contribution in [3.05, 3.63) is 5.82 Å². The minimum absolute atomic E-state index is 0.323. The fourth-order valence-corrected chi connectivity index (χ4v) is 0.964. The first kappa shape index (κ1) is 8.99. The molecule has 0 saturated heterocycles. The monoisotopic (exact) mass is 170 g/mol. The van der Waals surface area contributed by atoms with E-state index >= 15 is 0 Å². The van der Waals surface area contributed by atoms with Crippen LogP contribution in [0, 0.1) is 0 Å². The van der Waals surface area contributed by atoms with E-state index in [1.54, 1.807) is 4.68 Å². The summed E-state index contributed by atoms with van der Waals surface area (Å²) in [5.41, 5.74) is 5.40. The van der Waals surface area contributed by atoms with Gasteiger partial charge < -0.3 is 10.5 Å². The van der Waals surface area contributed by atoms with E-state index in [0.29, 0.717) is 12.6 Å². The quantitative estimate of drug-likeness (QED) is 0.645. The fourth-order valence-electron chi connectivity index (χ4n) is 0.964. The van der Waals surface area contributed by atoms with Crippen LogP contribution < -0.4 is 5.73 Å². The van der Waals surface area contributed by atoms with Gasteiger partial charge in [0.05, 0.1) is 6.61 Å². The zero-order chi connectivity index (χ0) is 8.97. The maximum absolute atomic E-state index is 5.40. The van der Waals surface area contributed by atoms with E-state index in [2.05, 4.69) is 10.1 Å². The van der Waals surface area contributed by atoms with E-state index < -0.39 is 0 Å². The van der Waals surface area contributed by atoms with Crippen LogP contribution in [0.2, 0.25) is 0 Å². The number of nitrogens with zero attached hydrogens (tertiary/aromatic N) is 3. The molecule has 68 valence electrons. The molecule has 1 heterocycles. The Labute approximate surface area is 71.5 Å². The predicted octanol–water partition coefficient (Wildman–Crippen LogP) is -0.0237. The van der Waals surface area contributed by atoms with Crippen LogP contribution in [0.25, 0.3) is 0 Å². The molecule has 0 aliphatic carbocycles. The first-order valence-corrected chi connectivity index (χ1v) is 3.97. The normalized spacial score (nSPS) is 10.5. The van der Waals surface area contributed by atoms with Gasteiger partial charge in [0.1, 0.15) is 5.82 Å². The first-order chi connectivity index (χ1) is 5.74. The Kier molecular flexibility index (Phi) is 3.04. The lowest BCUT2D eigenvalue weighted by Gasteiger charge is -1.99. The number of ether oxygens (including phenoxy) is 1. The Balaban J connectivity index is 2.45. The molecular weight excluding hydrogens is 156 g/mol. The minimum atomic E-state index is 0.323. The van der Waals surface area contributed by atoms with Gasteiger partial charge in [-0.2, -0.15) is 4.98 Å². The molecule has 0 radical (unpaired) electrons. The third-order valence-electron chi connectivity index (χ3n) is 1.54. The van der Waals surface area contributed by atoms with Gasteiger partial charge in [-0.1, -0.05) is 0 Å². The van der Waals surface area contributed by atoms with Gasteiger partial charge in [-0.05, 0) is 6.92 Å². The molecule has 12 heavy (non-hydrogen) atoms. The van der Waals surface area contributed by atoms with Gasteiger partial charge in [-0.3, -0.25) is 4.68 Å². The molecule has 0 saturated carbocycles. The van der Waals surface area contributed by atoms with Crippen LogP contribution in [-0.4, -0.2) is 28.0 Å². The summed E-state index contributed by atoms with van der Waals surface area (Å²) in [6, 6.07) is 0. The molecule has 0 aliphatic heterocycles. The van der Waals surface area contributed by atoms with Crippen molar-refractivity contribution in [3.63, 3.8) is 0 Å². The Morgan fingerprint density at radius 1 is 1.58 bits per heavy atom. The molecule has 0 fully saturated rings. The highest BCUT2D eigenvalue weighted by molar-refractivity contribution is 5.13. The zero-order valence-corrected chi connectivity index (χ0v) is 7.45. The molecule has 0 aliphatic rings. The summed E-state index contributed by atoms with van der Waals surface area (Å²) in [5.74, 6) is 1.19. The molecule has 1 rings (SSSR count). The molecule has 0 amide bonds. The largest absolute Gasteiger partial charge is 0.381 e. The van der Waals surface area contributed by atoms with Gasteiger partial charge in [0.2, 0.25) is 5.95 Å². The summed E-state index contributed by atoms with van der Waals surface area (Å²) in [4.78, 5) is 4.03. The van der Waals surface area contributed by atoms with Gasteiger partial charge in [0.25, 0.3) is 0 Å². The van der Waals surface area contributed by atoms with Gasteiger partial charge in [-0.25, -0.2) is 0 Å². The topological polar surface area (TPSA) is 66.0 Å². The highest BCUT2D eigenvalue weighted by Gasteiger charge is 2.02. The number of anilines is 1. The molecular formula is C7H14N4O. The van der Waals surface area contributed by atoms with E-state index in [-0.39, 0.29) is 0 Å². The van der Waals surface area contributed by atoms with Gasteiger partial charge in [0, 0.05) is 20.1 Å². The van der Waals surface area contributed by atoms with Crippen molar-refractivity contribution >= 4 is 5.95 Å². The number of hydrogen-bond donors (Lipinski definition) is 1. The SMILES string of the molecule is CCOCCc1nc(N)nn1C. The van der Waals surface area contributed by atoms with Crippen molar-refractivity contribution in [2.75, 3.05) is 18.9 Å². The highest BCUT2D eigenvalue weighted by Crippen LogP contribution is 1.98. The van der Waals surface area contributed by atoms with Crippen LogP contribution in [0.3, 0.4) is 0 Å². The second-order valence-electron chi connectivity index (χ2n) is 2.46. The van der Waals surface area contributed by atoms with Crippen LogP contribution in [0.15, 0.2) is 0 Å². The van der Waals surface area contributed by atoms with Crippen LogP contribution >= 0.6 is 0 Å². The van der Waals surface area contributed by atoms with Gasteiger partial charge >= 0.3 is 0 Å². The number of nitrogen functional groups attached to an aromatic ring is 1. The minimum Gasteiger partial charge on any atom is -0.381 e. The summed E-state index contributed by atoms with van der Waals surface area (Å²) in [7, 11) is 1.82. The summed E-state index contributed by atoms with van der Waals surface area (Å²) in [5, 5.41) is 3.92. The highest BCUT2D eigenvalue weighted by atomic mass is 16.5. The summed E-state index contributed by atoms with van der Waals surface area (Å²) in [6.07, 6.45) is 0.758. The maximum atomic E-state index is 5.40. The molecule has 0 atom stereocenters. The standard InChI is InChI=1S/C7H14N4O/c1-3-12-5-4-6-9-7(8)10-11(6)2/h3-5H2,1-2H3,(H2,8,10). The molecule has 0 unspecified atom stereocenters. The van der Waals surface area contributed by atoms with E-state index in [9.17, 15) is 0 Å². The molecule has 2 N–H and O–H groups in total. The van der Waals surface area contributed by atoms with Crippen LogP contribution in [0.5, 0.6) is 0 Å². The number of aryl methyl sites for hydroxylation is 1. The maximum Gasteiger partial charge on any atom is 0.239 e. The van der Waals surface area contributed by atoms with Crippen molar-refractivity contribution in [2.45, 2.75) is 13.3 Å². The molecule has 1 aromatic rings. The third kappa shape index (κ3) is 2.20. The van der Waals surface area contributed by atoms with Crippen molar-refractivity contribution in [2.24, 2.45) is 7.05 Å². The lowest BCUT2D eigenvalue weighted by molar-refractivity contribution is 0.149. The Morgan fingerprint density at radius 3 is 2.83 bits per heavy atom. The molecule has 1 aromatic heterocycles. The van der Waals surface area contributed by atoms with Gasteiger partial charge in [-0.15, -0.1) is 5.10 Å². The Bertz CT molecular complexity index is 246. The van der Waals surface area contributed by atoms with Crippen LogP contribution in [0.1, 0.15) is 12.7 Å². The first-order valence-electron chi connectivity index (χ1n) is 3.97. The van der Waals surface area contributed by atoms with E-state index in [1.807, 2.05) is 14.0 Å². The Morgan fingerprint density at radius 2 is 2.33 bits per heavy atom. The van der Waals surface area contributed by atoms with Crippen molar-refractivity contribution in [3.8, 4) is 0 Å². The fraction of sp³-hybridized carbons (Fsp3) is 0.714. The average Bonchev–Trinajstić information content (AvgIpc) is 2.31. The van der Waals surface area contributed by atoms with Crippen molar-refractivity contribution in [1.29, 1.82) is 0 Å². The van der Waals surface area contributed by atoms with Crippen molar-refractivity contribution in [1.82, 2.24) is 14.8 Å². The Hall–Kier alpha value is -1.10. The second-order valence-corrected chi connectivity index (χ2v) is 2.46. The lowest BCUT2D eigenvalue weighted by Crippen LogP contribution is -2.04. The van der Waals surface area contributed by atoms with E-state index in [4.69, 9.17) is 10.5 Å². The van der Waals surface area contributed by atoms with Gasteiger partial charge in [0.15, 0.2) is 0 Å². The molecule has 0 spiro atoms. The predicted molar refractivity (Wildman–Crippen MR) is 45.6 cm³/mol. The number of nitrogens with two attached hydrogens (primary N) is 1. The summed E-state index contributed by atoms with van der Waals surface area (Å²) >= 11 is 0. The van der Waals surface area contributed by atoms with Crippen LogP contribution in [-0.2, 0) is 18.2 Å². The zero-order valence-electron chi connectivity index (χ0n) is 7.45. The third-order valence-corrected chi connectivity index (χ3v) is 1.54. The van der Waals surface area contributed by atoms with Crippen molar-refractivity contribution < 1.29 is 4.74 Å². The number of rotatable bonds is 4. The second kappa shape index (κ2) is 4.06. The number of hydrogen-bond acceptors (Lipinski definition) is 4. The lowest BCUT2D eigenvalue weighted by atomic mass is 10.4. The van der Waals surface area contributed by atoms with E-state index in [0.717, 1.165) is 18.9 Å². The van der Waals surface area contributed by atoms with E-state index in [1.165, 1.54) is 0 Å². The summed E-state index contributed by atoms with van der Waals surface area (Å²) in [6.45, 7) is 3.36. The average molecular weight is 170 g/mol. The number of aromatic nitrogens is 3. The molecule has 5 heteroatoms. The smallest absolute Gasteiger partial charge is 0.239 e. The molecule has 0 bridgehead atoms. The molecule has 0 aromatic carbocycles. The van der Waals surface area contributed by atoms with Crippen LogP contribution in [0.4, 0.5) is 5.95 Å². The summed E-state index contributed by atoms with van der Waals surface area (Å²) < 4.78 is 6.85.